The van der Waals surface area contributed by atoms with Crippen LogP contribution in [0.2, 0.25) is 0 Å². The lowest BCUT2D eigenvalue weighted by atomic mass is 9.90. The van der Waals surface area contributed by atoms with Crippen LogP contribution in [0.25, 0.3) is 0 Å². The normalized spacial score (nSPS) is 30.4. The molecule has 76 valence electrons. The number of hydrogen-bond donors (Lipinski definition) is 1. The fourth-order valence-electron chi connectivity index (χ4n) is 2.44. The van der Waals surface area contributed by atoms with E-state index in [1.54, 1.807) is 6.07 Å². The van der Waals surface area contributed by atoms with Crippen molar-refractivity contribution < 1.29 is 9.50 Å². The summed E-state index contributed by atoms with van der Waals surface area (Å²) in [5, 5.41) is 9.10. The first-order chi connectivity index (χ1) is 6.74. The maximum absolute atomic E-state index is 13.5. The number of rotatable bonds is 3. The molecule has 0 radical (unpaired) electrons. The van der Waals surface area contributed by atoms with E-state index >= 15 is 0 Å². The SMILES string of the molecule is CCC1(c2ccccc2F)CC1CO. The van der Waals surface area contributed by atoms with E-state index < -0.39 is 0 Å². The summed E-state index contributed by atoms with van der Waals surface area (Å²) < 4.78 is 13.5. The van der Waals surface area contributed by atoms with Crippen LogP contribution in [0.5, 0.6) is 0 Å². The third-order valence-electron chi connectivity index (χ3n) is 3.49. The van der Waals surface area contributed by atoms with Crippen LogP contribution in [-0.2, 0) is 5.41 Å². The second-order valence-corrected chi connectivity index (χ2v) is 4.07. The van der Waals surface area contributed by atoms with Gasteiger partial charge in [0.15, 0.2) is 0 Å². The van der Waals surface area contributed by atoms with Gasteiger partial charge in [-0.1, -0.05) is 25.1 Å². The summed E-state index contributed by atoms with van der Waals surface area (Å²) in [6.07, 6.45) is 1.82. The molecule has 2 atom stereocenters. The third-order valence-corrected chi connectivity index (χ3v) is 3.49. The fraction of sp³-hybridized carbons (Fsp3) is 0.500. The highest BCUT2D eigenvalue weighted by molar-refractivity contribution is 5.34. The van der Waals surface area contributed by atoms with Crippen molar-refractivity contribution in [1.29, 1.82) is 0 Å². The Morgan fingerprint density at radius 1 is 1.50 bits per heavy atom. The Morgan fingerprint density at radius 2 is 2.21 bits per heavy atom. The molecular weight excluding hydrogens is 179 g/mol. The van der Waals surface area contributed by atoms with Gasteiger partial charge in [0.1, 0.15) is 5.82 Å². The first kappa shape index (κ1) is 9.66. The van der Waals surface area contributed by atoms with E-state index in [0.29, 0.717) is 0 Å². The highest BCUT2D eigenvalue weighted by Crippen LogP contribution is 2.56. The zero-order valence-corrected chi connectivity index (χ0v) is 8.33. The average Bonchev–Trinajstić information content (AvgIpc) is 2.93. The van der Waals surface area contributed by atoms with Gasteiger partial charge in [-0.2, -0.15) is 0 Å². The van der Waals surface area contributed by atoms with E-state index in [-0.39, 0.29) is 23.8 Å². The molecule has 0 aromatic heterocycles. The van der Waals surface area contributed by atoms with Crippen molar-refractivity contribution in [2.24, 2.45) is 5.92 Å². The lowest BCUT2D eigenvalue weighted by molar-refractivity contribution is 0.261. The van der Waals surface area contributed by atoms with Gasteiger partial charge in [-0.25, -0.2) is 4.39 Å². The molecule has 1 aliphatic carbocycles. The molecule has 2 unspecified atom stereocenters. The summed E-state index contributed by atoms with van der Waals surface area (Å²) in [5.74, 6) is 0.120. The van der Waals surface area contributed by atoms with E-state index in [4.69, 9.17) is 5.11 Å². The van der Waals surface area contributed by atoms with Crippen LogP contribution >= 0.6 is 0 Å². The highest BCUT2D eigenvalue weighted by Gasteiger charge is 2.54. The van der Waals surface area contributed by atoms with Crippen molar-refractivity contribution in [3.8, 4) is 0 Å². The topological polar surface area (TPSA) is 20.2 Å². The molecule has 0 saturated heterocycles. The highest BCUT2D eigenvalue weighted by atomic mass is 19.1. The molecule has 0 amide bonds. The molecule has 0 bridgehead atoms. The van der Waals surface area contributed by atoms with Crippen LogP contribution in [0.3, 0.4) is 0 Å². The molecule has 1 aliphatic rings. The summed E-state index contributed by atoms with van der Waals surface area (Å²) in [6.45, 7) is 2.23. The molecule has 1 aromatic rings. The summed E-state index contributed by atoms with van der Waals surface area (Å²) in [5.41, 5.74) is 0.696. The zero-order valence-electron chi connectivity index (χ0n) is 8.33. The first-order valence-electron chi connectivity index (χ1n) is 5.10. The molecule has 0 heterocycles. The van der Waals surface area contributed by atoms with Gasteiger partial charge < -0.3 is 5.11 Å². The molecule has 1 fully saturated rings. The van der Waals surface area contributed by atoms with Crippen molar-refractivity contribution in [2.75, 3.05) is 6.61 Å². The van der Waals surface area contributed by atoms with Gasteiger partial charge in [0, 0.05) is 12.0 Å². The Morgan fingerprint density at radius 3 is 2.71 bits per heavy atom. The molecule has 2 heteroatoms. The van der Waals surface area contributed by atoms with E-state index in [1.165, 1.54) is 6.07 Å². The van der Waals surface area contributed by atoms with Crippen molar-refractivity contribution >= 4 is 0 Å². The van der Waals surface area contributed by atoms with E-state index in [0.717, 1.165) is 18.4 Å². The molecule has 1 aromatic carbocycles. The molecule has 1 nitrogen and oxygen atoms in total. The van der Waals surface area contributed by atoms with Gasteiger partial charge >= 0.3 is 0 Å². The zero-order chi connectivity index (χ0) is 10.2. The predicted molar refractivity (Wildman–Crippen MR) is 53.6 cm³/mol. The van der Waals surface area contributed by atoms with Crippen molar-refractivity contribution in [3.05, 3.63) is 35.6 Å². The lowest BCUT2D eigenvalue weighted by Gasteiger charge is -2.15. The predicted octanol–water partition coefficient (Wildman–Crippen LogP) is 2.49. The summed E-state index contributed by atoms with van der Waals surface area (Å²) in [4.78, 5) is 0. The van der Waals surface area contributed by atoms with Crippen LogP contribution in [0.1, 0.15) is 25.3 Å². The Bertz CT molecular complexity index is 337. The standard InChI is InChI=1S/C12H15FO/c1-2-12(7-9(12)8-14)10-5-3-4-6-11(10)13/h3-6,9,14H,2,7-8H2,1H3. The van der Waals surface area contributed by atoms with Crippen molar-refractivity contribution in [1.82, 2.24) is 0 Å². The van der Waals surface area contributed by atoms with E-state index in [2.05, 4.69) is 6.92 Å². The van der Waals surface area contributed by atoms with Crippen LogP contribution in [0.4, 0.5) is 4.39 Å². The van der Waals surface area contributed by atoms with Crippen LogP contribution in [0, 0.1) is 11.7 Å². The quantitative estimate of drug-likeness (QED) is 0.783. The van der Waals surface area contributed by atoms with Gasteiger partial charge in [-0.15, -0.1) is 0 Å². The lowest BCUT2D eigenvalue weighted by Crippen LogP contribution is -2.12. The van der Waals surface area contributed by atoms with Crippen molar-refractivity contribution in [2.45, 2.75) is 25.2 Å². The second-order valence-electron chi connectivity index (χ2n) is 4.07. The Hall–Kier alpha value is -0.890. The molecule has 0 spiro atoms. The largest absolute Gasteiger partial charge is 0.396 e. The average molecular weight is 194 g/mol. The maximum Gasteiger partial charge on any atom is 0.126 e. The van der Waals surface area contributed by atoms with Gasteiger partial charge in [0.25, 0.3) is 0 Å². The van der Waals surface area contributed by atoms with Crippen LogP contribution in [0.15, 0.2) is 24.3 Å². The number of hydrogen-bond acceptors (Lipinski definition) is 1. The minimum absolute atomic E-state index is 0.0832. The summed E-state index contributed by atoms with van der Waals surface area (Å²) in [6, 6.07) is 6.91. The minimum Gasteiger partial charge on any atom is -0.396 e. The van der Waals surface area contributed by atoms with E-state index in [1.807, 2.05) is 12.1 Å². The molecular formula is C12H15FO. The second kappa shape index (κ2) is 3.35. The Balaban J connectivity index is 2.35. The van der Waals surface area contributed by atoms with Gasteiger partial charge in [0.2, 0.25) is 0 Å². The van der Waals surface area contributed by atoms with Crippen LogP contribution < -0.4 is 0 Å². The smallest absolute Gasteiger partial charge is 0.126 e. The molecule has 14 heavy (non-hydrogen) atoms. The fourth-order valence-corrected chi connectivity index (χ4v) is 2.44. The number of aliphatic hydroxyl groups excluding tert-OH is 1. The number of benzene rings is 1. The van der Waals surface area contributed by atoms with Gasteiger partial charge in [0.05, 0.1) is 0 Å². The van der Waals surface area contributed by atoms with E-state index in [9.17, 15) is 4.39 Å². The Labute approximate surface area is 83.6 Å². The third kappa shape index (κ3) is 1.25. The number of aliphatic hydroxyl groups is 1. The molecule has 1 N–H and O–H groups in total. The maximum atomic E-state index is 13.5. The molecule has 0 aliphatic heterocycles. The van der Waals surface area contributed by atoms with Gasteiger partial charge in [-0.3, -0.25) is 0 Å². The molecule has 2 rings (SSSR count). The van der Waals surface area contributed by atoms with Crippen molar-refractivity contribution in [3.63, 3.8) is 0 Å². The molecule has 1 saturated carbocycles. The monoisotopic (exact) mass is 194 g/mol. The minimum atomic E-state index is -0.134. The summed E-state index contributed by atoms with van der Waals surface area (Å²) in [7, 11) is 0. The first-order valence-corrected chi connectivity index (χ1v) is 5.10. The van der Waals surface area contributed by atoms with Crippen LogP contribution in [-0.4, -0.2) is 11.7 Å². The number of halogens is 1. The summed E-state index contributed by atoms with van der Waals surface area (Å²) >= 11 is 0. The Kier molecular flexibility index (Phi) is 2.31. The van der Waals surface area contributed by atoms with Gasteiger partial charge in [-0.05, 0) is 30.4 Å².